The van der Waals surface area contributed by atoms with Crippen molar-refractivity contribution in [2.45, 2.75) is 43.6 Å². The number of rotatable bonds is 9. The maximum atomic E-state index is 11.9. The van der Waals surface area contributed by atoms with Gasteiger partial charge < -0.3 is 40.1 Å². The number of carboxylic acids is 2. The SMILES string of the molecule is NP(=O)(O)O.O=C(O)CCN(CCC(=O)O)C(O)[C@H]1O[C@@H](n2ccc(=O)[nH]c2=O)[C@H](O)[C@@H]1O. The lowest BCUT2D eigenvalue weighted by molar-refractivity contribution is -0.150. The molecular formula is C15H25N4O13P. The molecule has 1 unspecified atom stereocenters. The summed E-state index contributed by atoms with van der Waals surface area (Å²) in [5.74, 6) is -2.36. The van der Waals surface area contributed by atoms with Gasteiger partial charge >= 0.3 is 25.4 Å². The van der Waals surface area contributed by atoms with Gasteiger partial charge in [-0.3, -0.25) is 28.8 Å². The van der Waals surface area contributed by atoms with Gasteiger partial charge in [-0.2, -0.15) is 0 Å². The Labute approximate surface area is 184 Å². The minimum Gasteiger partial charge on any atom is -0.481 e. The van der Waals surface area contributed by atoms with Crippen LogP contribution in [0, 0.1) is 0 Å². The molecule has 0 bridgehead atoms. The Bertz CT molecular complexity index is 949. The molecular weight excluding hydrogens is 475 g/mol. The molecule has 0 amide bonds. The molecule has 18 heteroatoms. The number of ether oxygens (including phenoxy) is 1. The third kappa shape index (κ3) is 9.50. The summed E-state index contributed by atoms with van der Waals surface area (Å²) in [5.41, 5.74) is 2.43. The monoisotopic (exact) mass is 500 g/mol. The number of hydrogen-bond donors (Lipinski definition) is 9. The molecule has 188 valence electrons. The molecule has 1 saturated heterocycles. The van der Waals surface area contributed by atoms with Crippen molar-refractivity contribution >= 4 is 19.7 Å². The zero-order chi connectivity index (χ0) is 25.5. The molecule has 1 fully saturated rings. The summed E-state index contributed by atoms with van der Waals surface area (Å²) in [6.07, 6.45) is -7.66. The lowest BCUT2D eigenvalue weighted by Gasteiger charge is -2.31. The molecule has 0 saturated carbocycles. The van der Waals surface area contributed by atoms with Crippen LogP contribution in [-0.4, -0.2) is 99.3 Å². The first-order valence-electron chi connectivity index (χ1n) is 9.14. The number of carbonyl (C=O) groups is 2. The van der Waals surface area contributed by atoms with E-state index in [1.807, 2.05) is 4.98 Å². The van der Waals surface area contributed by atoms with E-state index in [0.29, 0.717) is 0 Å². The van der Waals surface area contributed by atoms with Crippen LogP contribution in [0.5, 0.6) is 0 Å². The third-order valence-corrected chi connectivity index (χ3v) is 4.29. The van der Waals surface area contributed by atoms with Gasteiger partial charge in [-0.1, -0.05) is 0 Å². The normalized spacial score (nSPS) is 23.6. The fraction of sp³-hybridized carbons (Fsp3) is 0.600. The summed E-state index contributed by atoms with van der Waals surface area (Å²) < 4.78 is 15.3. The smallest absolute Gasteiger partial charge is 0.397 e. The molecule has 2 rings (SSSR count). The van der Waals surface area contributed by atoms with Crippen molar-refractivity contribution in [1.29, 1.82) is 0 Å². The molecule has 1 aliphatic heterocycles. The number of H-pyrrole nitrogens is 1. The molecule has 2 heterocycles. The number of hydrogen-bond acceptors (Lipinski definition) is 10. The van der Waals surface area contributed by atoms with Crippen LogP contribution in [0.15, 0.2) is 21.9 Å². The number of carboxylic acid groups (broad SMARTS) is 2. The number of aromatic amines is 1. The number of nitrogens with zero attached hydrogens (tertiary/aromatic N) is 2. The van der Waals surface area contributed by atoms with E-state index < -0.39 is 74.5 Å². The third-order valence-electron chi connectivity index (χ3n) is 4.29. The van der Waals surface area contributed by atoms with E-state index in [0.717, 1.165) is 21.7 Å². The Morgan fingerprint density at radius 2 is 1.64 bits per heavy atom. The molecule has 1 aliphatic rings. The molecule has 1 aromatic rings. The van der Waals surface area contributed by atoms with Gasteiger partial charge in [0, 0.05) is 25.4 Å². The van der Waals surface area contributed by atoms with Crippen molar-refractivity contribution in [3.05, 3.63) is 33.1 Å². The fourth-order valence-corrected chi connectivity index (χ4v) is 2.85. The summed E-state index contributed by atoms with van der Waals surface area (Å²) in [4.78, 5) is 62.5. The van der Waals surface area contributed by atoms with E-state index in [1.54, 1.807) is 0 Å². The fourth-order valence-electron chi connectivity index (χ4n) is 2.85. The summed E-state index contributed by atoms with van der Waals surface area (Å²) in [5, 5.41) is 48.5. The first-order valence-corrected chi connectivity index (χ1v) is 10.8. The van der Waals surface area contributed by atoms with Crippen molar-refractivity contribution in [3.8, 4) is 0 Å². The van der Waals surface area contributed by atoms with Crippen molar-refractivity contribution < 1.29 is 54.2 Å². The Morgan fingerprint density at radius 3 is 2.06 bits per heavy atom. The minimum atomic E-state index is -4.14. The van der Waals surface area contributed by atoms with Gasteiger partial charge in [0.2, 0.25) is 0 Å². The van der Waals surface area contributed by atoms with Gasteiger partial charge in [0.05, 0.1) is 12.8 Å². The number of aromatic nitrogens is 2. The van der Waals surface area contributed by atoms with Crippen molar-refractivity contribution in [2.24, 2.45) is 5.50 Å². The van der Waals surface area contributed by atoms with E-state index in [9.17, 15) is 34.5 Å². The zero-order valence-electron chi connectivity index (χ0n) is 16.9. The van der Waals surface area contributed by atoms with E-state index in [1.165, 1.54) is 0 Å². The molecule has 10 N–H and O–H groups in total. The second kappa shape index (κ2) is 12.1. The predicted molar refractivity (Wildman–Crippen MR) is 106 cm³/mol. The van der Waals surface area contributed by atoms with Gasteiger partial charge in [0.15, 0.2) is 6.23 Å². The first kappa shape index (κ1) is 28.6. The summed E-state index contributed by atoms with van der Waals surface area (Å²) in [6.45, 7) is -0.481. The predicted octanol–water partition coefficient (Wildman–Crippen LogP) is -4.24. The zero-order valence-corrected chi connectivity index (χ0v) is 17.8. The summed E-state index contributed by atoms with van der Waals surface area (Å²) in [6, 6.07) is 1.000. The molecule has 0 aliphatic carbocycles. The number of aliphatic hydroxyl groups is 3. The molecule has 1 aromatic heterocycles. The number of aliphatic carboxylic acids is 2. The molecule has 0 spiro atoms. The van der Waals surface area contributed by atoms with Crippen LogP contribution >= 0.6 is 7.75 Å². The van der Waals surface area contributed by atoms with Gasteiger partial charge in [0.1, 0.15) is 24.5 Å². The van der Waals surface area contributed by atoms with Crippen molar-refractivity contribution in [1.82, 2.24) is 14.5 Å². The highest BCUT2D eigenvalue weighted by molar-refractivity contribution is 7.49. The van der Waals surface area contributed by atoms with E-state index in [2.05, 4.69) is 5.50 Å². The summed E-state index contributed by atoms with van der Waals surface area (Å²) in [7, 11) is -4.14. The molecule has 0 radical (unpaired) electrons. The standard InChI is InChI=1S/C15H21N3O10.H4NO3P/c19-7-1-6-18(15(27)16-7)14-11(25)10(24)12(28-14)13(26)17(4-2-8(20)21)5-3-9(22)23;1-5(2,3)4/h1,6,10-14,24-26H,2-5H2,(H,20,21)(H,22,23)(H,16,19,27);(H4,1,2,3,4)/t10-,11+,12-,13?,14+;/m0./s1. The highest BCUT2D eigenvalue weighted by Gasteiger charge is 2.48. The highest BCUT2D eigenvalue weighted by Crippen LogP contribution is 2.31. The second-order valence-corrected chi connectivity index (χ2v) is 7.99. The van der Waals surface area contributed by atoms with Crippen LogP contribution < -0.4 is 16.8 Å². The van der Waals surface area contributed by atoms with Crippen LogP contribution in [0.25, 0.3) is 0 Å². The average molecular weight is 500 g/mol. The Hall–Kier alpha value is -2.47. The van der Waals surface area contributed by atoms with Crippen LogP contribution in [-0.2, 0) is 18.9 Å². The summed E-state index contributed by atoms with van der Waals surface area (Å²) >= 11 is 0. The van der Waals surface area contributed by atoms with E-state index in [4.69, 9.17) is 29.3 Å². The average Bonchev–Trinajstić information content (AvgIpc) is 2.95. The minimum absolute atomic E-state index is 0.240. The van der Waals surface area contributed by atoms with Gasteiger partial charge in [-0.05, 0) is 0 Å². The number of nitrogens with one attached hydrogen (secondary N) is 1. The maximum absolute atomic E-state index is 11.9. The second-order valence-electron chi connectivity index (χ2n) is 6.82. The largest absolute Gasteiger partial charge is 0.481 e. The van der Waals surface area contributed by atoms with Crippen molar-refractivity contribution in [2.75, 3.05) is 13.1 Å². The molecule has 17 nitrogen and oxygen atoms in total. The number of nitrogens with two attached hydrogens (primary N) is 1. The van der Waals surface area contributed by atoms with E-state index >= 15 is 0 Å². The quantitative estimate of drug-likeness (QED) is 0.115. The maximum Gasteiger partial charge on any atom is 0.397 e. The number of aliphatic hydroxyl groups excluding tert-OH is 3. The Kier molecular flexibility index (Phi) is 10.5. The van der Waals surface area contributed by atoms with Crippen LogP contribution in [0.3, 0.4) is 0 Å². The first-order chi connectivity index (χ1) is 15.1. The molecule has 5 atom stereocenters. The highest BCUT2D eigenvalue weighted by atomic mass is 31.2. The lowest BCUT2D eigenvalue weighted by Crippen LogP contribution is -2.50. The topological polar surface area (TPSA) is 286 Å². The lowest BCUT2D eigenvalue weighted by atomic mass is 10.1. The van der Waals surface area contributed by atoms with Crippen LogP contribution in [0.2, 0.25) is 0 Å². The van der Waals surface area contributed by atoms with Gasteiger partial charge in [-0.15, -0.1) is 0 Å². The van der Waals surface area contributed by atoms with Gasteiger partial charge in [-0.25, -0.2) is 14.9 Å². The van der Waals surface area contributed by atoms with Crippen molar-refractivity contribution in [3.63, 3.8) is 0 Å². The Balaban J connectivity index is 0.000000981. The van der Waals surface area contributed by atoms with Crippen LogP contribution in [0.1, 0.15) is 19.1 Å². The van der Waals surface area contributed by atoms with E-state index in [-0.39, 0.29) is 13.1 Å². The molecule has 33 heavy (non-hydrogen) atoms. The molecule has 0 aromatic carbocycles. The van der Waals surface area contributed by atoms with Crippen LogP contribution in [0.4, 0.5) is 0 Å². The Morgan fingerprint density at radius 1 is 1.15 bits per heavy atom. The van der Waals surface area contributed by atoms with Gasteiger partial charge in [0.25, 0.3) is 5.56 Å².